The molecular formula is C29H33N2O5S-. The van der Waals surface area contributed by atoms with E-state index in [-0.39, 0.29) is 18.2 Å². The van der Waals surface area contributed by atoms with Crippen LogP contribution in [0.3, 0.4) is 0 Å². The van der Waals surface area contributed by atoms with Crippen molar-refractivity contribution in [3.8, 4) is 11.1 Å². The van der Waals surface area contributed by atoms with Gasteiger partial charge in [0.15, 0.2) is 0 Å². The lowest BCUT2D eigenvalue weighted by atomic mass is 10.0. The molecule has 0 spiro atoms. The molecule has 2 atom stereocenters. The van der Waals surface area contributed by atoms with Gasteiger partial charge in [-0.25, -0.2) is 4.79 Å². The highest BCUT2D eigenvalue weighted by molar-refractivity contribution is 7.80. The Morgan fingerprint density at radius 1 is 0.919 bits per heavy atom. The lowest BCUT2D eigenvalue weighted by molar-refractivity contribution is -0.157. The van der Waals surface area contributed by atoms with Gasteiger partial charge >= 0.3 is 5.97 Å². The van der Waals surface area contributed by atoms with E-state index in [0.717, 1.165) is 26.7 Å². The molecule has 8 heteroatoms. The fourth-order valence-corrected chi connectivity index (χ4v) is 4.68. The van der Waals surface area contributed by atoms with E-state index in [0.29, 0.717) is 5.69 Å². The van der Waals surface area contributed by atoms with Crippen molar-refractivity contribution in [1.29, 1.82) is 0 Å². The molecule has 0 saturated carbocycles. The smallest absolute Gasteiger partial charge is 0.330 e. The second-order valence-electron chi connectivity index (χ2n) is 10.1. The van der Waals surface area contributed by atoms with Gasteiger partial charge in [-0.1, -0.05) is 68.4 Å². The Balaban J connectivity index is 1.74. The molecule has 0 aliphatic heterocycles. The standard InChI is InChI=1S/C29H34N2O5S/c1-20(2)27(28(33)36-29(3,4)5)31(37(34)35)25-17-15-23(16-18-25)22-13-11-21(12-14-22)19-26(32)30-24-9-7-6-8-10-24/h6-18,20,27H,19H2,1-5H3,(H,30,32)(H,34,35)/p-1. The molecule has 1 N–H and O–H groups in total. The maximum atomic E-state index is 12.9. The van der Waals surface area contributed by atoms with E-state index in [4.69, 9.17) is 4.74 Å². The molecule has 3 aromatic rings. The first-order chi connectivity index (χ1) is 17.4. The molecule has 0 heterocycles. The number of anilines is 2. The van der Waals surface area contributed by atoms with Crippen LogP contribution in [0.15, 0.2) is 78.9 Å². The number of esters is 1. The van der Waals surface area contributed by atoms with E-state index in [1.165, 1.54) is 0 Å². The zero-order valence-corrected chi connectivity index (χ0v) is 22.6. The summed E-state index contributed by atoms with van der Waals surface area (Å²) < 4.78 is 31.0. The van der Waals surface area contributed by atoms with Crippen molar-refractivity contribution >= 4 is 34.5 Å². The molecule has 3 rings (SSSR count). The number of hydrogen-bond donors (Lipinski definition) is 1. The number of benzene rings is 3. The van der Waals surface area contributed by atoms with Gasteiger partial charge in [0, 0.05) is 22.6 Å². The number of amides is 1. The summed E-state index contributed by atoms with van der Waals surface area (Å²) in [6, 6.07) is 22.9. The third-order valence-corrected chi connectivity index (χ3v) is 6.28. The van der Waals surface area contributed by atoms with Gasteiger partial charge in [-0.05, 0) is 67.6 Å². The van der Waals surface area contributed by atoms with Crippen LogP contribution < -0.4 is 9.62 Å². The average Bonchev–Trinajstić information content (AvgIpc) is 2.82. The van der Waals surface area contributed by atoms with Gasteiger partial charge in [-0.2, -0.15) is 0 Å². The van der Waals surface area contributed by atoms with Crippen LogP contribution in [0.4, 0.5) is 11.4 Å². The van der Waals surface area contributed by atoms with E-state index >= 15 is 0 Å². The molecule has 0 bridgehead atoms. The van der Waals surface area contributed by atoms with Crippen molar-refractivity contribution < 1.29 is 23.1 Å². The number of carbonyl (C=O) groups excluding carboxylic acids is 2. The van der Waals surface area contributed by atoms with Crippen LogP contribution in [0.2, 0.25) is 0 Å². The van der Waals surface area contributed by atoms with Crippen molar-refractivity contribution in [3.63, 3.8) is 0 Å². The molecule has 196 valence electrons. The minimum atomic E-state index is -2.68. The van der Waals surface area contributed by atoms with Crippen LogP contribution in [0, 0.1) is 5.92 Å². The van der Waals surface area contributed by atoms with E-state index in [1.54, 1.807) is 58.9 Å². The highest BCUT2D eigenvalue weighted by atomic mass is 32.2. The van der Waals surface area contributed by atoms with E-state index in [2.05, 4.69) is 5.32 Å². The number of nitrogens with one attached hydrogen (secondary N) is 1. The Bertz CT molecular complexity index is 1220. The van der Waals surface area contributed by atoms with Crippen LogP contribution in [0.5, 0.6) is 0 Å². The number of carbonyl (C=O) groups is 2. The highest BCUT2D eigenvalue weighted by Crippen LogP contribution is 2.28. The number of hydrogen-bond acceptors (Lipinski definition) is 5. The van der Waals surface area contributed by atoms with Gasteiger partial charge < -0.3 is 14.6 Å². The first kappa shape index (κ1) is 28.1. The number of ether oxygens (including phenoxy) is 1. The Labute approximate surface area is 221 Å². The Hall–Kier alpha value is -3.49. The van der Waals surface area contributed by atoms with E-state index in [9.17, 15) is 18.4 Å². The number of para-hydroxylation sites is 1. The Morgan fingerprint density at radius 2 is 1.46 bits per heavy atom. The summed E-state index contributed by atoms with van der Waals surface area (Å²) in [7, 11) is 0. The van der Waals surface area contributed by atoms with E-state index < -0.39 is 28.9 Å². The zero-order chi connectivity index (χ0) is 27.2. The maximum absolute atomic E-state index is 12.9. The predicted molar refractivity (Wildman–Crippen MR) is 147 cm³/mol. The summed E-state index contributed by atoms with van der Waals surface area (Å²) in [5.41, 5.74) is 3.05. The fourth-order valence-electron chi connectivity index (χ4n) is 3.87. The second kappa shape index (κ2) is 12.2. The summed E-state index contributed by atoms with van der Waals surface area (Å²) in [5, 5.41) is 2.87. The van der Waals surface area contributed by atoms with Crippen LogP contribution in [0.1, 0.15) is 40.2 Å². The highest BCUT2D eigenvalue weighted by Gasteiger charge is 2.34. The average molecular weight is 522 g/mol. The van der Waals surface area contributed by atoms with Crippen molar-refractivity contribution in [2.24, 2.45) is 5.92 Å². The molecule has 1 amide bonds. The first-order valence-electron chi connectivity index (χ1n) is 12.1. The summed E-state index contributed by atoms with van der Waals surface area (Å²) >= 11 is -2.68. The lowest BCUT2D eigenvalue weighted by Gasteiger charge is -2.36. The molecule has 0 aromatic heterocycles. The van der Waals surface area contributed by atoms with Crippen molar-refractivity contribution in [2.45, 2.75) is 52.7 Å². The SMILES string of the molecule is CC(C)C(C(=O)OC(C)(C)C)N(c1ccc(-c2ccc(CC(=O)Nc3ccccc3)cc2)cc1)S(=O)[O-]. The molecule has 0 radical (unpaired) electrons. The Morgan fingerprint density at radius 3 is 1.95 bits per heavy atom. The van der Waals surface area contributed by atoms with Gasteiger partial charge in [-0.15, -0.1) is 0 Å². The summed E-state index contributed by atoms with van der Waals surface area (Å²) in [6.45, 7) is 8.80. The molecule has 0 aliphatic carbocycles. The molecular weight excluding hydrogens is 488 g/mol. The minimum Gasteiger partial charge on any atom is -0.755 e. The van der Waals surface area contributed by atoms with Crippen LogP contribution in [-0.4, -0.2) is 32.3 Å². The van der Waals surface area contributed by atoms with Crippen LogP contribution >= 0.6 is 0 Å². The Kier molecular flexibility index (Phi) is 9.23. The van der Waals surface area contributed by atoms with Gasteiger partial charge in [0.05, 0.1) is 6.42 Å². The van der Waals surface area contributed by atoms with Crippen molar-refractivity contribution in [3.05, 3.63) is 84.4 Å². The molecule has 2 unspecified atom stereocenters. The second-order valence-corrected chi connectivity index (χ2v) is 10.9. The molecule has 7 nitrogen and oxygen atoms in total. The third kappa shape index (κ3) is 8.00. The fraction of sp³-hybridized carbons (Fsp3) is 0.310. The van der Waals surface area contributed by atoms with Crippen molar-refractivity contribution in [1.82, 2.24) is 0 Å². The lowest BCUT2D eigenvalue weighted by Crippen LogP contribution is -2.48. The molecule has 0 aliphatic rings. The van der Waals surface area contributed by atoms with Gasteiger partial charge in [0.2, 0.25) is 5.91 Å². The topological polar surface area (TPSA) is 98.8 Å². The van der Waals surface area contributed by atoms with Gasteiger partial charge in [-0.3, -0.25) is 13.3 Å². The van der Waals surface area contributed by atoms with Crippen LogP contribution in [-0.2, 0) is 32.0 Å². The number of nitrogens with zero attached hydrogens (tertiary/aromatic N) is 1. The van der Waals surface area contributed by atoms with Gasteiger partial charge in [0.1, 0.15) is 11.6 Å². The van der Waals surface area contributed by atoms with Crippen LogP contribution in [0.25, 0.3) is 11.1 Å². The minimum absolute atomic E-state index is 0.0984. The predicted octanol–water partition coefficient (Wildman–Crippen LogP) is 5.50. The third-order valence-electron chi connectivity index (χ3n) is 5.52. The summed E-state index contributed by atoms with van der Waals surface area (Å²) in [6.07, 6.45) is 0.250. The molecule has 0 saturated heterocycles. The normalized spacial score (nSPS) is 13.1. The monoisotopic (exact) mass is 521 g/mol. The summed E-state index contributed by atoms with van der Waals surface area (Å²) in [5.74, 6) is -1.000. The van der Waals surface area contributed by atoms with E-state index in [1.807, 2.05) is 54.6 Å². The molecule has 37 heavy (non-hydrogen) atoms. The summed E-state index contributed by atoms with van der Waals surface area (Å²) in [4.78, 5) is 25.2. The zero-order valence-electron chi connectivity index (χ0n) is 21.8. The number of rotatable bonds is 9. The first-order valence-corrected chi connectivity index (χ1v) is 13.1. The van der Waals surface area contributed by atoms with Gasteiger partial charge in [0.25, 0.3) is 0 Å². The quantitative estimate of drug-likeness (QED) is 0.296. The molecule has 0 fully saturated rings. The van der Waals surface area contributed by atoms with Crippen molar-refractivity contribution in [2.75, 3.05) is 9.62 Å². The maximum Gasteiger partial charge on any atom is 0.330 e. The molecule has 3 aromatic carbocycles. The largest absolute Gasteiger partial charge is 0.755 e.